The quantitative estimate of drug-likeness (QED) is 0.606. The molecule has 1 atom stereocenters. The molecule has 0 aliphatic heterocycles. The molecule has 1 heterocycles. The number of carbonyl (C=O) groups is 1. The number of hydrogen-bond acceptors (Lipinski definition) is 4. The lowest BCUT2D eigenvalue weighted by molar-refractivity contribution is 0.0494. The Morgan fingerprint density at radius 3 is 2.75 bits per heavy atom. The number of amides is 1. The molecule has 0 aliphatic rings. The maximum absolute atomic E-state index is 11.6. The summed E-state index contributed by atoms with van der Waals surface area (Å²) in [5.41, 5.74) is -0.513. The Morgan fingerprint density at radius 2 is 2.20 bits per heavy atom. The number of rotatable bonds is 4. The van der Waals surface area contributed by atoms with E-state index in [1.807, 2.05) is 27.7 Å². The topological polar surface area (TPSA) is 60.5 Å². The van der Waals surface area contributed by atoms with E-state index in [1.54, 1.807) is 12.3 Å². The highest BCUT2D eigenvalue weighted by Crippen LogP contribution is 2.20. The first-order valence-corrected chi connectivity index (χ1v) is 7.56. The van der Waals surface area contributed by atoms with Gasteiger partial charge in [0.25, 0.3) is 0 Å². The van der Waals surface area contributed by atoms with Crippen molar-refractivity contribution < 1.29 is 14.3 Å². The van der Waals surface area contributed by atoms with Crippen LogP contribution in [0.15, 0.2) is 12.3 Å². The Hall–Kier alpha value is -0.760. The molecule has 0 bridgehead atoms. The van der Waals surface area contributed by atoms with Crippen LogP contribution in [0.25, 0.3) is 0 Å². The second-order valence-corrected chi connectivity index (χ2v) is 6.82. The van der Waals surface area contributed by atoms with Gasteiger partial charge in [0.1, 0.15) is 23.1 Å². The zero-order chi connectivity index (χ0) is 15.3. The van der Waals surface area contributed by atoms with Crippen LogP contribution >= 0.6 is 34.2 Å². The number of aromatic nitrogens is 1. The zero-order valence-corrected chi connectivity index (χ0v) is 14.8. The van der Waals surface area contributed by atoms with Crippen LogP contribution in [-0.4, -0.2) is 29.3 Å². The molecule has 5 nitrogen and oxygen atoms in total. The van der Waals surface area contributed by atoms with E-state index in [9.17, 15) is 4.79 Å². The highest BCUT2D eigenvalue weighted by molar-refractivity contribution is 14.1. The monoisotopic (exact) mass is 412 g/mol. The van der Waals surface area contributed by atoms with Gasteiger partial charge in [-0.05, 0) is 56.4 Å². The van der Waals surface area contributed by atoms with Gasteiger partial charge in [-0.3, -0.25) is 0 Å². The maximum Gasteiger partial charge on any atom is 0.407 e. The van der Waals surface area contributed by atoms with Gasteiger partial charge >= 0.3 is 6.09 Å². The van der Waals surface area contributed by atoms with E-state index in [4.69, 9.17) is 21.1 Å². The first-order chi connectivity index (χ1) is 9.17. The molecule has 0 aromatic carbocycles. The molecule has 0 spiro atoms. The van der Waals surface area contributed by atoms with Crippen LogP contribution in [0.4, 0.5) is 4.79 Å². The molecule has 0 aliphatic carbocycles. The summed E-state index contributed by atoms with van der Waals surface area (Å²) in [5.74, 6) is 0.608. The van der Waals surface area contributed by atoms with Gasteiger partial charge in [0.15, 0.2) is 0 Å². The van der Waals surface area contributed by atoms with Crippen molar-refractivity contribution >= 4 is 40.3 Å². The Morgan fingerprint density at radius 1 is 1.55 bits per heavy atom. The van der Waals surface area contributed by atoms with E-state index >= 15 is 0 Å². The third-order valence-electron chi connectivity index (χ3n) is 2.03. The smallest absolute Gasteiger partial charge is 0.407 e. The summed E-state index contributed by atoms with van der Waals surface area (Å²) in [5, 5.41) is 3.14. The summed E-state index contributed by atoms with van der Waals surface area (Å²) >= 11 is 7.90. The lowest BCUT2D eigenvalue weighted by atomic mass is 10.2. The average Bonchev–Trinajstić information content (AvgIpc) is 2.28. The van der Waals surface area contributed by atoms with Crippen molar-refractivity contribution in [2.45, 2.75) is 39.3 Å². The van der Waals surface area contributed by atoms with Gasteiger partial charge in [0.05, 0.1) is 15.8 Å². The molecule has 1 amide bonds. The largest absolute Gasteiger partial charge is 0.490 e. The predicted octanol–water partition coefficient (Wildman–Crippen LogP) is 3.63. The Balaban J connectivity index is 2.41. The number of halogens is 2. The number of nitrogens with one attached hydrogen (secondary N) is 1. The van der Waals surface area contributed by atoms with Gasteiger partial charge in [0.2, 0.25) is 0 Å². The number of hydrogen-bond donors (Lipinski definition) is 1. The van der Waals surface area contributed by atoms with E-state index < -0.39 is 11.7 Å². The molecule has 0 fully saturated rings. The molecule has 1 N–H and O–H groups in total. The SMILES string of the molecule is C[C@H](COc1cnc(Cl)c(I)c1)NC(=O)OC(C)(C)C. The molecular formula is C13H18ClIN2O3. The number of carbonyl (C=O) groups excluding carboxylic acids is 1. The van der Waals surface area contributed by atoms with Crippen LogP contribution < -0.4 is 10.1 Å². The fraction of sp³-hybridized carbons (Fsp3) is 0.538. The molecule has 1 rings (SSSR count). The normalized spacial score (nSPS) is 12.7. The molecule has 1 aromatic rings. The van der Waals surface area contributed by atoms with E-state index in [0.717, 1.165) is 3.57 Å². The van der Waals surface area contributed by atoms with E-state index in [2.05, 4.69) is 32.9 Å². The van der Waals surface area contributed by atoms with Crippen molar-refractivity contribution in [3.8, 4) is 5.75 Å². The van der Waals surface area contributed by atoms with Gasteiger partial charge in [0, 0.05) is 0 Å². The van der Waals surface area contributed by atoms with Gasteiger partial charge in [-0.2, -0.15) is 0 Å². The van der Waals surface area contributed by atoms with E-state index in [-0.39, 0.29) is 6.04 Å². The van der Waals surface area contributed by atoms with Gasteiger partial charge in [-0.15, -0.1) is 0 Å². The molecule has 112 valence electrons. The standard InChI is InChI=1S/C13H18ClIN2O3/c1-8(17-12(18)20-13(2,3)4)7-19-9-5-10(15)11(14)16-6-9/h5-6,8H,7H2,1-4H3,(H,17,18)/t8-/m1/s1. The minimum Gasteiger partial charge on any atom is -0.490 e. The van der Waals surface area contributed by atoms with Crippen LogP contribution in [0.1, 0.15) is 27.7 Å². The second-order valence-electron chi connectivity index (χ2n) is 5.30. The minimum atomic E-state index is -0.513. The minimum absolute atomic E-state index is 0.182. The third-order valence-corrected chi connectivity index (χ3v) is 3.48. The van der Waals surface area contributed by atoms with E-state index in [0.29, 0.717) is 17.5 Å². The van der Waals surface area contributed by atoms with E-state index in [1.165, 1.54) is 0 Å². The second kappa shape index (κ2) is 7.31. The average molecular weight is 413 g/mol. The molecule has 20 heavy (non-hydrogen) atoms. The summed E-state index contributed by atoms with van der Waals surface area (Å²) in [4.78, 5) is 15.5. The third kappa shape index (κ3) is 6.60. The molecule has 0 unspecified atom stereocenters. The Bertz CT molecular complexity index is 477. The van der Waals surface area contributed by atoms with Crippen molar-refractivity contribution in [3.63, 3.8) is 0 Å². The molecular weight excluding hydrogens is 395 g/mol. The Labute approximate surface area is 137 Å². The van der Waals surface area contributed by atoms with Crippen molar-refractivity contribution in [3.05, 3.63) is 21.0 Å². The van der Waals surface area contributed by atoms with Crippen LogP contribution in [0.3, 0.4) is 0 Å². The van der Waals surface area contributed by atoms with Crippen molar-refractivity contribution in [2.24, 2.45) is 0 Å². The summed E-state index contributed by atoms with van der Waals surface area (Å²) in [6.45, 7) is 7.59. The van der Waals surface area contributed by atoms with Crippen LogP contribution in [0.5, 0.6) is 5.75 Å². The Kier molecular flexibility index (Phi) is 6.32. The maximum atomic E-state index is 11.6. The number of pyridine rings is 1. The summed E-state index contributed by atoms with van der Waals surface area (Å²) in [7, 11) is 0. The number of alkyl carbamates (subject to hydrolysis) is 1. The summed E-state index contributed by atoms with van der Waals surface area (Å²) in [6, 6.07) is 1.61. The molecule has 0 saturated carbocycles. The van der Waals surface area contributed by atoms with Crippen molar-refractivity contribution in [1.82, 2.24) is 10.3 Å². The summed E-state index contributed by atoms with van der Waals surface area (Å²) < 4.78 is 11.5. The van der Waals surface area contributed by atoms with Crippen LogP contribution in [-0.2, 0) is 4.74 Å². The number of nitrogens with zero attached hydrogens (tertiary/aromatic N) is 1. The number of ether oxygens (including phenoxy) is 2. The lowest BCUT2D eigenvalue weighted by Gasteiger charge is -2.22. The molecule has 0 saturated heterocycles. The predicted molar refractivity (Wildman–Crippen MR) is 86.3 cm³/mol. The van der Waals surface area contributed by atoms with Gasteiger partial charge in [-0.1, -0.05) is 11.6 Å². The highest BCUT2D eigenvalue weighted by atomic mass is 127. The van der Waals surface area contributed by atoms with Gasteiger partial charge < -0.3 is 14.8 Å². The van der Waals surface area contributed by atoms with Crippen molar-refractivity contribution in [1.29, 1.82) is 0 Å². The fourth-order valence-corrected chi connectivity index (χ4v) is 1.80. The van der Waals surface area contributed by atoms with Crippen LogP contribution in [0, 0.1) is 3.57 Å². The lowest BCUT2D eigenvalue weighted by Crippen LogP contribution is -2.40. The summed E-state index contributed by atoms with van der Waals surface area (Å²) in [6.07, 6.45) is 1.09. The van der Waals surface area contributed by atoms with Crippen LogP contribution in [0.2, 0.25) is 5.15 Å². The van der Waals surface area contributed by atoms with Gasteiger partial charge in [-0.25, -0.2) is 9.78 Å². The molecule has 0 radical (unpaired) electrons. The van der Waals surface area contributed by atoms with Crippen molar-refractivity contribution in [2.75, 3.05) is 6.61 Å². The molecule has 1 aromatic heterocycles. The molecule has 7 heteroatoms. The first-order valence-electron chi connectivity index (χ1n) is 6.11. The fourth-order valence-electron chi connectivity index (χ4n) is 1.25. The highest BCUT2D eigenvalue weighted by Gasteiger charge is 2.17. The zero-order valence-electron chi connectivity index (χ0n) is 11.9. The first kappa shape index (κ1) is 17.3.